The van der Waals surface area contributed by atoms with Gasteiger partial charge >= 0.3 is 12.1 Å². The van der Waals surface area contributed by atoms with Crippen molar-refractivity contribution in [2.45, 2.75) is 90.3 Å². The van der Waals surface area contributed by atoms with Crippen LogP contribution in [0.15, 0.2) is 24.3 Å². The topological polar surface area (TPSA) is 73.9 Å². The summed E-state index contributed by atoms with van der Waals surface area (Å²) in [7, 11) is -1.42. The van der Waals surface area contributed by atoms with Gasteiger partial charge in [0.25, 0.3) is 0 Å². The molecule has 1 aromatic rings. The molecule has 0 saturated heterocycles. The molecular formula is C25H37NO5Si. The first-order valence-corrected chi connectivity index (χ1v) is 14.9. The van der Waals surface area contributed by atoms with Gasteiger partial charge in [0.1, 0.15) is 31.6 Å². The van der Waals surface area contributed by atoms with Crippen molar-refractivity contribution in [1.29, 1.82) is 0 Å². The molecule has 1 aliphatic carbocycles. The monoisotopic (exact) mass is 459 g/mol. The zero-order valence-electron chi connectivity index (χ0n) is 20.2. The molecule has 6 nitrogen and oxygen atoms in total. The Kier molecular flexibility index (Phi) is 9.20. The number of hydrogen-bond acceptors (Lipinski definition) is 5. The standard InChI is InChI=1S/C25H37NO5Si/c1-25(2,3)31-24(28)26-22(23(27)30-21-9-7-8-10-21)15-17-29-20-13-11-19(12-14-20)16-18-32(4,5)6/h11-14,21-22H,7-10,15,17H2,1-6H3,(H,26,28). The second kappa shape index (κ2) is 11.4. The van der Waals surface area contributed by atoms with E-state index in [9.17, 15) is 9.59 Å². The number of carbonyl (C=O) groups is 2. The molecule has 7 heteroatoms. The van der Waals surface area contributed by atoms with E-state index in [1.54, 1.807) is 20.8 Å². The third-order valence-electron chi connectivity index (χ3n) is 4.67. The number of hydrogen-bond donors (Lipinski definition) is 1. The van der Waals surface area contributed by atoms with Gasteiger partial charge in [0.2, 0.25) is 0 Å². The van der Waals surface area contributed by atoms with E-state index >= 15 is 0 Å². The Morgan fingerprint density at radius 1 is 1.12 bits per heavy atom. The van der Waals surface area contributed by atoms with Crippen LogP contribution in [0.1, 0.15) is 58.4 Å². The van der Waals surface area contributed by atoms with Crippen LogP contribution in [0.25, 0.3) is 0 Å². The minimum Gasteiger partial charge on any atom is -0.494 e. The van der Waals surface area contributed by atoms with Crippen molar-refractivity contribution in [2.75, 3.05) is 6.61 Å². The highest BCUT2D eigenvalue weighted by molar-refractivity contribution is 6.83. The largest absolute Gasteiger partial charge is 0.494 e. The van der Waals surface area contributed by atoms with Crippen LogP contribution in [-0.4, -0.2) is 44.5 Å². The molecule has 1 N–H and O–H groups in total. The van der Waals surface area contributed by atoms with Crippen LogP contribution < -0.4 is 10.1 Å². The third-order valence-corrected chi connectivity index (χ3v) is 5.55. The molecule has 1 saturated carbocycles. The number of esters is 1. The van der Waals surface area contributed by atoms with Gasteiger partial charge in [0.15, 0.2) is 0 Å². The lowest BCUT2D eigenvalue weighted by Crippen LogP contribution is -2.45. The van der Waals surface area contributed by atoms with Crippen LogP contribution in [0.4, 0.5) is 4.79 Å². The highest BCUT2D eigenvalue weighted by atomic mass is 28.3. The van der Waals surface area contributed by atoms with Crippen molar-refractivity contribution in [3.63, 3.8) is 0 Å². The molecular weight excluding hydrogens is 422 g/mol. The van der Waals surface area contributed by atoms with E-state index in [2.05, 4.69) is 36.4 Å². The normalized spacial score (nSPS) is 15.3. The Bertz CT molecular complexity index is 821. The van der Waals surface area contributed by atoms with Gasteiger partial charge in [0.05, 0.1) is 6.61 Å². The van der Waals surface area contributed by atoms with Gasteiger partial charge in [0, 0.05) is 12.0 Å². The molecule has 1 amide bonds. The quantitative estimate of drug-likeness (QED) is 0.350. The highest BCUT2D eigenvalue weighted by Gasteiger charge is 2.28. The lowest BCUT2D eigenvalue weighted by molar-refractivity contribution is -0.151. The highest BCUT2D eigenvalue weighted by Crippen LogP contribution is 2.22. The van der Waals surface area contributed by atoms with E-state index in [0.29, 0.717) is 5.75 Å². The smallest absolute Gasteiger partial charge is 0.408 e. The summed E-state index contributed by atoms with van der Waals surface area (Å²) in [4.78, 5) is 24.9. The van der Waals surface area contributed by atoms with E-state index in [0.717, 1.165) is 31.2 Å². The maximum Gasteiger partial charge on any atom is 0.408 e. The number of alkyl carbamates (subject to hydrolysis) is 1. The summed E-state index contributed by atoms with van der Waals surface area (Å²) in [5.41, 5.74) is 3.63. The van der Waals surface area contributed by atoms with Gasteiger partial charge in [-0.3, -0.25) is 0 Å². The molecule has 1 unspecified atom stereocenters. The van der Waals surface area contributed by atoms with E-state index in [-0.39, 0.29) is 19.1 Å². The number of ether oxygens (including phenoxy) is 3. The predicted molar refractivity (Wildman–Crippen MR) is 128 cm³/mol. The molecule has 176 valence electrons. The minimum absolute atomic E-state index is 0.0730. The van der Waals surface area contributed by atoms with Crippen LogP contribution in [0.3, 0.4) is 0 Å². The van der Waals surface area contributed by atoms with Crippen molar-refractivity contribution in [1.82, 2.24) is 5.32 Å². The second-order valence-electron chi connectivity index (χ2n) is 10.2. The average molecular weight is 460 g/mol. The zero-order valence-corrected chi connectivity index (χ0v) is 21.2. The van der Waals surface area contributed by atoms with Gasteiger partial charge in [-0.05, 0) is 70.7 Å². The molecule has 1 fully saturated rings. The van der Waals surface area contributed by atoms with Crippen molar-refractivity contribution in [2.24, 2.45) is 0 Å². The number of amides is 1. The Balaban J connectivity index is 1.93. The van der Waals surface area contributed by atoms with Crippen LogP contribution in [-0.2, 0) is 14.3 Å². The Morgan fingerprint density at radius 3 is 2.31 bits per heavy atom. The Morgan fingerprint density at radius 2 is 1.75 bits per heavy atom. The molecule has 0 aromatic heterocycles. The first-order valence-electron chi connectivity index (χ1n) is 11.4. The lowest BCUT2D eigenvalue weighted by atomic mass is 10.2. The maximum atomic E-state index is 12.7. The van der Waals surface area contributed by atoms with Gasteiger partial charge in [-0.25, -0.2) is 9.59 Å². The van der Waals surface area contributed by atoms with Gasteiger partial charge in [-0.15, -0.1) is 5.54 Å². The van der Waals surface area contributed by atoms with E-state index in [4.69, 9.17) is 14.2 Å². The molecule has 1 atom stereocenters. The van der Waals surface area contributed by atoms with Crippen molar-refractivity contribution in [3.05, 3.63) is 29.8 Å². The fourth-order valence-corrected chi connectivity index (χ4v) is 3.66. The maximum absolute atomic E-state index is 12.7. The van der Waals surface area contributed by atoms with Crippen molar-refractivity contribution in [3.8, 4) is 17.2 Å². The molecule has 0 heterocycles. The van der Waals surface area contributed by atoms with Crippen molar-refractivity contribution >= 4 is 20.1 Å². The first-order chi connectivity index (χ1) is 14.9. The number of benzene rings is 1. The molecule has 0 bridgehead atoms. The van der Waals surface area contributed by atoms with Gasteiger partial charge in [-0.2, -0.15) is 0 Å². The third kappa shape index (κ3) is 10.2. The number of carbonyl (C=O) groups excluding carboxylic acids is 2. The fourth-order valence-electron chi connectivity index (χ4n) is 3.14. The van der Waals surface area contributed by atoms with Crippen LogP contribution in [0, 0.1) is 11.5 Å². The minimum atomic E-state index is -1.42. The van der Waals surface area contributed by atoms with E-state index < -0.39 is 31.8 Å². The average Bonchev–Trinajstić information content (AvgIpc) is 3.17. The summed E-state index contributed by atoms with van der Waals surface area (Å²) in [5.74, 6) is 3.45. The summed E-state index contributed by atoms with van der Waals surface area (Å²) >= 11 is 0. The molecule has 1 aromatic carbocycles. The molecule has 2 rings (SSSR count). The summed E-state index contributed by atoms with van der Waals surface area (Å²) in [5, 5.41) is 2.64. The predicted octanol–water partition coefficient (Wildman–Crippen LogP) is 5.06. The van der Waals surface area contributed by atoms with E-state index in [1.807, 2.05) is 24.3 Å². The van der Waals surface area contributed by atoms with Gasteiger partial charge < -0.3 is 19.5 Å². The van der Waals surface area contributed by atoms with Crippen LogP contribution >= 0.6 is 0 Å². The summed E-state index contributed by atoms with van der Waals surface area (Å²) in [6.07, 6.45) is 3.42. The number of nitrogens with one attached hydrogen (secondary N) is 1. The Hall–Kier alpha value is -2.46. The van der Waals surface area contributed by atoms with Crippen LogP contribution in [0.5, 0.6) is 5.75 Å². The summed E-state index contributed by atoms with van der Waals surface area (Å²) < 4.78 is 16.7. The van der Waals surface area contributed by atoms with Gasteiger partial charge in [-0.1, -0.05) is 25.6 Å². The summed E-state index contributed by atoms with van der Waals surface area (Å²) in [6.45, 7) is 12.2. The lowest BCUT2D eigenvalue weighted by Gasteiger charge is -2.24. The molecule has 0 radical (unpaired) electrons. The SMILES string of the molecule is CC(C)(C)OC(=O)NC(CCOc1ccc(C#C[Si](C)(C)C)cc1)C(=O)OC1CCCC1. The first kappa shape index (κ1) is 25.8. The second-order valence-corrected chi connectivity index (χ2v) is 15.0. The van der Waals surface area contributed by atoms with Crippen LogP contribution in [0.2, 0.25) is 19.6 Å². The van der Waals surface area contributed by atoms with Crippen molar-refractivity contribution < 1.29 is 23.8 Å². The molecule has 32 heavy (non-hydrogen) atoms. The molecule has 1 aliphatic rings. The Labute approximate surface area is 193 Å². The molecule has 0 aliphatic heterocycles. The van der Waals surface area contributed by atoms with E-state index in [1.165, 1.54) is 0 Å². The zero-order chi connectivity index (χ0) is 23.8. The fraction of sp³-hybridized carbons (Fsp3) is 0.600. The number of rotatable bonds is 7. The molecule has 0 spiro atoms. The summed E-state index contributed by atoms with van der Waals surface area (Å²) in [6, 6.07) is 6.75.